The third kappa shape index (κ3) is 2.33. The molecule has 0 saturated heterocycles. The van der Waals surface area contributed by atoms with E-state index in [-0.39, 0.29) is 5.91 Å². The summed E-state index contributed by atoms with van der Waals surface area (Å²) in [6.45, 7) is 0. The molecular weight excluding hydrogens is 276 g/mol. The Kier molecular flexibility index (Phi) is 3.59. The minimum atomic E-state index is -0.0138. The molecule has 2 aromatic carbocycles. The monoisotopic (exact) mass is 294 g/mol. The standard InChI is InChI=1S/C18H18N2O2/c1-19(2)12-16-15-6-4-5-7-17(15)20(18(16)21)13-8-10-14(22-3)11-9-13/h4-12H,1-3H3. The predicted octanol–water partition coefficient (Wildman–Crippen LogP) is 3.28. The first kappa shape index (κ1) is 14.2. The van der Waals surface area contributed by atoms with Crippen LogP contribution in [0.25, 0.3) is 5.57 Å². The largest absolute Gasteiger partial charge is 0.497 e. The van der Waals surface area contributed by atoms with Crippen molar-refractivity contribution in [2.75, 3.05) is 26.1 Å². The molecule has 1 aliphatic heterocycles. The Morgan fingerprint density at radius 3 is 2.36 bits per heavy atom. The van der Waals surface area contributed by atoms with Gasteiger partial charge in [-0.1, -0.05) is 18.2 Å². The van der Waals surface area contributed by atoms with Crippen LogP contribution in [-0.4, -0.2) is 32.0 Å². The summed E-state index contributed by atoms with van der Waals surface area (Å²) in [4.78, 5) is 16.5. The maximum absolute atomic E-state index is 12.9. The third-order valence-corrected chi connectivity index (χ3v) is 3.59. The fourth-order valence-electron chi connectivity index (χ4n) is 2.61. The van der Waals surface area contributed by atoms with E-state index in [9.17, 15) is 4.79 Å². The highest BCUT2D eigenvalue weighted by Gasteiger charge is 2.33. The molecular formula is C18H18N2O2. The van der Waals surface area contributed by atoms with Gasteiger partial charge in [0.15, 0.2) is 0 Å². The van der Waals surface area contributed by atoms with Gasteiger partial charge in [-0.2, -0.15) is 0 Å². The van der Waals surface area contributed by atoms with E-state index in [1.165, 1.54) is 0 Å². The van der Waals surface area contributed by atoms with Crippen molar-refractivity contribution in [1.29, 1.82) is 0 Å². The number of amides is 1. The molecule has 1 amide bonds. The summed E-state index contributed by atoms with van der Waals surface area (Å²) in [7, 11) is 5.46. The van der Waals surface area contributed by atoms with E-state index in [4.69, 9.17) is 4.74 Å². The van der Waals surface area contributed by atoms with Gasteiger partial charge >= 0.3 is 0 Å². The van der Waals surface area contributed by atoms with Crippen molar-refractivity contribution in [3.63, 3.8) is 0 Å². The molecule has 0 bridgehead atoms. The highest BCUT2D eigenvalue weighted by Crippen LogP contribution is 2.41. The van der Waals surface area contributed by atoms with Gasteiger partial charge in [0.2, 0.25) is 0 Å². The number of carbonyl (C=O) groups is 1. The Morgan fingerprint density at radius 1 is 1.05 bits per heavy atom. The predicted molar refractivity (Wildman–Crippen MR) is 88.2 cm³/mol. The molecule has 0 aromatic heterocycles. The van der Waals surface area contributed by atoms with Crippen LogP contribution in [0.15, 0.2) is 54.7 Å². The maximum Gasteiger partial charge on any atom is 0.265 e. The third-order valence-electron chi connectivity index (χ3n) is 3.59. The molecule has 0 saturated carbocycles. The Morgan fingerprint density at radius 2 is 1.73 bits per heavy atom. The van der Waals surface area contributed by atoms with Crippen LogP contribution in [0.3, 0.4) is 0 Å². The van der Waals surface area contributed by atoms with E-state index in [1.807, 2.05) is 73.7 Å². The second-order valence-corrected chi connectivity index (χ2v) is 5.36. The van der Waals surface area contributed by atoms with Gasteiger partial charge in [-0.25, -0.2) is 0 Å². The van der Waals surface area contributed by atoms with E-state index in [2.05, 4.69) is 0 Å². The van der Waals surface area contributed by atoms with Crippen LogP contribution in [0.1, 0.15) is 5.56 Å². The van der Waals surface area contributed by atoms with Gasteiger partial charge in [0.25, 0.3) is 5.91 Å². The molecule has 0 N–H and O–H groups in total. The zero-order valence-corrected chi connectivity index (χ0v) is 12.9. The number of carbonyl (C=O) groups excluding carboxylic acids is 1. The van der Waals surface area contributed by atoms with Gasteiger partial charge in [-0.05, 0) is 30.3 Å². The molecule has 4 heteroatoms. The molecule has 112 valence electrons. The summed E-state index contributed by atoms with van der Waals surface area (Å²) in [6, 6.07) is 15.4. The van der Waals surface area contributed by atoms with E-state index in [0.29, 0.717) is 5.57 Å². The number of hydrogen-bond donors (Lipinski definition) is 0. The van der Waals surface area contributed by atoms with E-state index in [1.54, 1.807) is 12.0 Å². The fourth-order valence-corrected chi connectivity index (χ4v) is 2.61. The Hall–Kier alpha value is -2.75. The molecule has 1 heterocycles. The molecule has 0 radical (unpaired) electrons. The topological polar surface area (TPSA) is 32.8 Å². The minimum absolute atomic E-state index is 0.0138. The smallest absolute Gasteiger partial charge is 0.265 e. The lowest BCUT2D eigenvalue weighted by Gasteiger charge is -2.17. The van der Waals surface area contributed by atoms with Crippen LogP contribution < -0.4 is 9.64 Å². The lowest BCUT2D eigenvalue weighted by molar-refractivity contribution is -0.112. The van der Waals surface area contributed by atoms with Crippen molar-refractivity contribution in [2.45, 2.75) is 0 Å². The van der Waals surface area contributed by atoms with Gasteiger partial charge in [0.05, 0.1) is 18.4 Å². The summed E-state index contributed by atoms with van der Waals surface area (Å²) in [6.07, 6.45) is 1.87. The molecule has 1 aliphatic rings. The average Bonchev–Trinajstić information content (AvgIpc) is 2.80. The van der Waals surface area contributed by atoms with E-state index < -0.39 is 0 Å². The molecule has 0 atom stereocenters. The summed E-state index contributed by atoms with van der Waals surface area (Å²) in [5, 5.41) is 0. The quantitative estimate of drug-likeness (QED) is 0.814. The number of benzene rings is 2. The second-order valence-electron chi connectivity index (χ2n) is 5.36. The summed E-state index contributed by atoms with van der Waals surface area (Å²) in [5.41, 5.74) is 3.40. The molecule has 4 nitrogen and oxygen atoms in total. The summed E-state index contributed by atoms with van der Waals surface area (Å²) < 4.78 is 5.18. The molecule has 22 heavy (non-hydrogen) atoms. The van der Waals surface area contributed by atoms with Gasteiger partial charge in [-0.3, -0.25) is 9.69 Å². The highest BCUT2D eigenvalue weighted by molar-refractivity contribution is 6.34. The minimum Gasteiger partial charge on any atom is -0.497 e. The van der Waals surface area contributed by atoms with Crippen LogP contribution in [0, 0.1) is 0 Å². The zero-order chi connectivity index (χ0) is 15.7. The van der Waals surface area contributed by atoms with Crippen LogP contribution in [0.5, 0.6) is 5.75 Å². The van der Waals surface area contributed by atoms with Crippen molar-refractivity contribution in [2.24, 2.45) is 0 Å². The Labute approximate surface area is 130 Å². The first-order valence-electron chi connectivity index (χ1n) is 7.08. The average molecular weight is 294 g/mol. The van der Waals surface area contributed by atoms with Crippen molar-refractivity contribution in [1.82, 2.24) is 4.90 Å². The summed E-state index contributed by atoms with van der Waals surface area (Å²) >= 11 is 0. The number of rotatable bonds is 3. The van der Waals surface area contributed by atoms with Gasteiger partial charge in [0.1, 0.15) is 5.75 Å². The second kappa shape index (κ2) is 5.56. The number of ether oxygens (including phenoxy) is 1. The van der Waals surface area contributed by atoms with Gasteiger partial charge in [-0.15, -0.1) is 0 Å². The van der Waals surface area contributed by atoms with Crippen molar-refractivity contribution in [3.8, 4) is 5.75 Å². The van der Waals surface area contributed by atoms with Crippen molar-refractivity contribution < 1.29 is 9.53 Å². The van der Waals surface area contributed by atoms with Crippen LogP contribution >= 0.6 is 0 Å². The lowest BCUT2D eigenvalue weighted by atomic mass is 10.1. The molecule has 0 fully saturated rings. The lowest BCUT2D eigenvalue weighted by Crippen LogP contribution is -2.21. The van der Waals surface area contributed by atoms with Crippen molar-refractivity contribution >= 4 is 22.9 Å². The number of anilines is 2. The SMILES string of the molecule is COc1ccc(N2C(=O)C(=CN(C)C)c3ccccc32)cc1. The molecule has 3 rings (SSSR count). The van der Waals surface area contributed by atoms with E-state index >= 15 is 0 Å². The van der Waals surface area contributed by atoms with Crippen molar-refractivity contribution in [3.05, 3.63) is 60.3 Å². The van der Waals surface area contributed by atoms with Crippen LogP contribution in [0.4, 0.5) is 11.4 Å². The van der Waals surface area contributed by atoms with E-state index in [0.717, 1.165) is 22.7 Å². The molecule has 0 aliphatic carbocycles. The number of methoxy groups -OCH3 is 1. The molecule has 0 unspecified atom stereocenters. The van der Waals surface area contributed by atoms with Crippen LogP contribution in [0.2, 0.25) is 0 Å². The fraction of sp³-hybridized carbons (Fsp3) is 0.167. The number of nitrogens with zero attached hydrogens (tertiary/aromatic N) is 2. The Balaban J connectivity index is 2.10. The zero-order valence-electron chi connectivity index (χ0n) is 12.9. The Bertz CT molecular complexity index is 733. The normalized spacial score (nSPS) is 15.1. The molecule has 2 aromatic rings. The van der Waals surface area contributed by atoms with Crippen LogP contribution in [-0.2, 0) is 4.79 Å². The first-order chi connectivity index (χ1) is 10.6. The summed E-state index contributed by atoms with van der Waals surface area (Å²) in [5.74, 6) is 0.757. The maximum atomic E-state index is 12.9. The highest BCUT2D eigenvalue weighted by atomic mass is 16.5. The number of fused-ring (bicyclic) bond motifs is 1. The van der Waals surface area contributed by atoms with Gasteiger partial charge in [0, 0.05) is 31.5 Å². The number of hydrogen-bond acceptors (Lipinski definition) is 3. The van der Waals surface area contributed by atoms with Gasteiger partial charge < -0.3 is 9.64 Å². The number of para-hydroxylation sites is 1. The molecule has 0 spiro atoms. The first-order valence-corrected chi connectivity index (χ1v) is 7.08.